The number of nitrogens with zero attached hydrogens (tertiary/aromatic N) is 2. The largest absolute Gasteiger partial charge is 0.244 e. The fourth-order valence-corrected chi connectivity index (χ4v) is 0.816. The zero-order valence-electron chi connectivity index (χ0n) is 5.47. The summed E-state index contributed by atoms with van der Waals surface area (Å²) in [6.07, 6.45) is -0.281. The van der Waals surface area contributed by atoms with Crippen molar-refractivity contribution in [3.05, 3.63) is 23.2 Å². The quantitative estimate of drug-likeness (QED) is 0.647. The average Bonchev–Trinajstić information content (AvgIpc) is 1.93. The Morgan fingerprint density at radius 1 is 1.55 bits per heavy atom. The van der Waals surface area contributed by atoms with Crippen molar-refractivity contribution in [2.45, 2.75) is 12.8 Å². The van der Waals surface area contributed by atoms with Crippen LogP contribution in [0.4, 0.5) is 8.78 Å². The number of rotatable bonds is 2. The predicted molar refractivity (Wildman–Crippen MR) is 36.8 cm³/mol. The van der Waals surface area contributed by atoms with E-state index < -0.39 is 6.43 Å². The standard InChI is InChI=1S/C6H5ClF2N2/c7-6-4(1-5(8)9)2-10-3-11-6/h2-3,5H,1H2. The summed E-state index contributed by atoms with van der Waals surface area (Å²) in [5.74, 6) is 0. The molecule has 2 nitrogen and oxygen atoms in total. The molecule has 0 aromatic carbocycles. The van der Waals surface area contributed by atoms with Gasteiger partial charge in [-0.05, 0) is 0 Å². The minimum atomic E-state index is -2.40. The second kappa shape index (κ2) is 3.57. The van der Waals surface area contributed by atoms with Crippen LogP contribution in [0, 0.1) is 0 Å². The van der Waals surface area contributed by atoms with Gasteiger partial charge in [0.15, 0.2) is 0 Å². The summed E-state index contributed by atoms with van der Waals surface area (Å²) >= 11 is 5.48. The summed E-state index contributed by atoms with van der Waals surface area (Å²) in [5, 5.41) is 0.0975. The van der Waals surface area contributed by atoms with E-state index >= 15 is 0 Å². The first kappa shape index (κ1) is 8.33. The lowest BCUT2D eigenvalue weighted by molar-refractivity contribution is 0.149. The molecule has 1 aromatic heterocycles. The normalized spacial score (nSPS) is 10.5. The molecule has 60 valence electrons. The lowest BCUT2D eigenvalue weighted by Crippen LogP contribution is -1.99. The van der Waals surface area contributed by atoms with Crippen LogP contribution < -0.4 is 0 Å². The summed E-state index contributed by atoms with van der Waals surface area (Å²) in [4.78, 5) is 7.12. The van der Waals surface area contributed by atoms with Crippen molar-refractivity contribution in [2.75, 3.05) is 0 Å². The Bertz CT molecular complexity index is 242. The molecule has 0 aliphatic heterocycles. The van der Waals surface area contributed by atoms with Crippen LogP contribution in [0.25, 0.3) is 0 Å². The van der Waals surface area contributed by atoms with E-state index in [0.717, 1.165) is 0 Å². The Kier molecular flexibility index (Phi) is 2.70. The lowest BCUT2D eigenvalue weighted by atomic mass is 10.2. The molecule has 5 heteroatoms. The summed E-state index contributed by atoms with van der Waals surface area (Å²) in [5.41, 5.74) is 0.282. The molecule has 0 atom stereocenters. The maximum absolute atomic E-state index is 11.8. The number of hydrogen-bond acceptors (Lipinski definition) is 2. The number of halogens is 3. The van der Waals surface area contributed by atoms with Gasteiger partial charge in [0.1, 0.15) is 11.5 Å². The molecule has 0 bridgehead atoms. The van der Waals surface area contributed by atoms with Crippen molar-refractivity contribution >= 4 is 11.6 Å². The second-order valence-electron chi connectivity index (χ2n) is 1.93. The third-order valence-corrected chi connectivity index (χ3v) is 1.45. The maximum atomic E-state index is 11.8. The van der Waals surface area contributed by atoms with E-state index in [-0.39, 0.29) is 17.1 Å². The van der Waals surface area contributed by atoms with Crippen molar-refractivity contribution in [3.63, 3.8) is 0 Å². The van der Waals surface area contributed by atoms with Gasteiger partial charge in [-0.2, -0.15) is 0 Å². The van der Waals surface area contributed by atoms with Crippen LogP contribution >= 0.6 is 11.6 Å². The highest BCUT2D eigenvalue weighted by molar-refractivity contribution is 6.30. The topological polar surface area (TPSA) is 25.8 Å². The molecule has 1 rings (SSSR count). The summed E-state index contributed by atoms with van der Waals surface area (Å²) in [6.45, 7) is 0. The second-order valence-corrected chi connectivity index (χ2v) is 2.29. The zero-order valence-corrected chi connectivity index (χ0v) is 6.22. The van der Waals surface area contributed by atoms with E-state index in [0.29, 0.717) is 0 Å². The van der Waals surface area contributed by atoms with Gasteiger partial charge in [0.2, 0.25) is 6.43 Å². The van der Waals surface area contributed by atoms with Crippen molar-refractivity contribution in [1.82, 2.24) is 9.97 Å². The molecule has 0 fully saturated rings. The van der Waals surface area contributed by atoms with Crippen molar-refractivity contribution in [2.24, 2.45) is 0 Å². The fraction of sp³-hybridized carbons (Fsp3) is 0.333. The van der Waals surface area contributed by atoms with Gasteiger partial charge >= 0.3 is 0 Å². The Balaban J connectivity index is 2.78. The third kappa shape index (κ3) is 2.38. The Morgan fingerprint density at radius 2 is 2.27 bits per heavy atom. The van der Waals surface area contributed by atoms with E-state index in [1.165, 1.54) is 12.5 Å². The summed E-state index contributed by atoms with van der Waals surface area (Å²) in [7, 11) is 0. The van der Waals surface area contributed by atoms with Crippen molar-refractivity contribution in [1.29, 1.82) is 0 Å². The van der Waals surface area contributed by atoms with Crippen LogP contribution in [0.1, 0.15) is 5.56 Å². The first-order valence-electron chi connectivity index (χ1n) is 2.92. The van der Waals surface area contributed by atoms with Crippen LogP contribution in [0.5, 0.6) is 0 Å². The van der Waals surface area contributed by atoms with Gasteiger partial charge in [-0.3, -0.25) is 0 Å². The first-order valence-corrected chi connectivity index (χ1v) is 3.30. The average molecular weight is 179 g/mol. The van der Waals surface area contributed by atoms with Gasteiger partial charge in [-0.25, -0.2) is 18.7 Å². The molecule has 0 N–H and O–H groups in total. The van der Waals surface area contributed by atoms with Crippen LogP contribution in [0.2, 0.25) is 5.15 Å². The van der Waals surface area contributed by atoms with Crippen LogP contribution in [0.15, 0.2) is 12.5 Å². The van der Waals surface area contributed by atoms with Gasteiger partial charge in [0, 0.05) is 18.2 Å². The molecule has 0 unspecified atom stereocenters. The molecule has 0 aliphatic carbocycles. The number of alkyl halides is 2. The van der Waals surface area contributed by atoms with E-state index in [4.69, 9.17) is 11.6 Å². The Hall–Kier alpha value is -0.770. The molecular formula is C6H5ClF2N2. The molecular weight excluding hydrogens is 174 g/mol. The predicted octanol–water partition coefficient (Wildman–Crippen LogP) is 1.94. The number of hydrogen-bond donors (Lipinski definition) is 0. The number of aromatic nitrogens is 2. The van der Waals surface area contributed by atoms with Gasteiger partial charge in [0.25, 0.3) is 0 Å². The minimum absolute atomic E-state index is 0.0975. The minimum Gasteiger partial charge on any atom is -0.244 e. The Morgan fingerprint density at radius 3 is 2.82 bits per heavy atom. The van der Waals surface area contributed by atoms with Crippen LogP contribution in [-0.4, -0.2) is 16.4 Å². The fourth-order valence-electron chi connectivity index (χ4n) is 0.647. The molecule has 0 saturated carbocycles. The molecule has 11 heavy (non-hydrogen) atoms. The molecule has 0 radical (unpaired) electrons. The maximum Gasteiger partial charge on any atom is 0.242 e. The van der Waals surface area contributed by atoms with Gasteiger partial charge < -0.3 is 0 Å². The monoisotopic (exact) mass is 178 g/mol. The van der Waals surface area contributed by atoms with Gasteiger partial charge in [-0.15, -0.1) is 0 Å². The zero-order chi connectivity index (χ0) is 8.27. The first-order chi connectivity index (χ1) is 5.20. The van der Waals surface area contributed by atoms with Crippen molar-refractivity contribution in [3.8, 4) is 0 Å². The Labute approximate surface area is 67.2 Å². The lowest BCUT2D eigenvalue weighted by Gasteiger charge is -1.99. The van der Waals surface area contributed by atoms with E-state index in [2.05, 4.69) is 9.97 Å². The van der Waals surface area contributed by atoms with E-state index in [1.54, 1.807) is 0 Å². The summed E-state index contributed by atoms with van der Waals surface area (Å²) in [6, 6.07) is 0. The summed E-state index contributed by atoms with van der Waals surface area (Å²) < 4.78 is 23.6. The molecule has 1 aromatic rings. The molecule has 0 aliphatic rings. The highest BCUT2D eigenvalue weighted by atomic mass is 35.5. The van der Waals surface area contributed by atoms with E-state index in [9.17, 15) is 8.78 Å². The molecule has 1 heterocycles. The molecule has 0 saturated heterocycles. The highest BCUT2D eigenvalue weighted by Gasteiger charge is 2.08. The van der Waals surface area contributed by atoms with Gasteiger partial charge in [0.05, 0.1) is 0 Å². The smallest absolute Gasteiger partial charge is 0.242 e. The SMILES string of the molecule is FC(F)Cc1cncnc1Cl. The highest BCUT2D eigenvalue weighted by Crippen LogP contribution is 2.13. The van der Waals surface area contributed by atoms with Crippen LogP contribution in [0.3, 0.4) is 0 Å². The van der Waals surface area contributed by atoms with Gasteiger partial charge in [-0.1, -0.05) is 11.6 Å². The van der Waals surface area contributed by atoms with Crippen molar-refractivity contribution < 1.29 is 8.78 Å². The third-order valence-electron chi connectivity index (χ3n) is 1.11. The molecule has 0 spiro atoms. The van der Waals surface area contributed by atoms with E-state index in [1.807, 2.05) is 0 Å². The molecule has 0 amide bonds. The van der Waals surface area contributed by atoms with Crippen LogP contribution in [-0.2, 0) is 6.42 Å².